The third kappa shape index (κ3) is 6.86. The van der Waals surface area contributed by atoms with Crippen LogP contribution >= 0.6 is 0 Å². The highest BCUT2D eigenvalue weighted by molar-refractivity contribution is 5.94. The van der Waals surface area contributed by atoms with Crippen LogP contribution in [0.1, 0.15) is 50.4 Å². The highest BCUT2D eigenvalue weighted by atomic mass is 16.5. The van der Waals surface area contributed by atoms with Gasteiger partial charge in [-0.2, -0.15) is 0 Å². The second-order valence-corrected chi connectivity index (χ2v) is 10.1. The summed E-state index contributed by atoms with van der Waals surface area (Å²) in [7, 11) is 0. The van der Waals surface area contributed by atoms with Crippen LogP contribution < -0.4 is 10.2 Å². The number of carbonyl (C=O) groups excluding carboxylic acids is 2. The molecule has 2 heterocycles. The van der Waals surface area contributed by atoms with Crippen LogP contribution in [0.2, 0.25) is 0 Å². The summed E-state index contributed by atoms with van der Waals surface area (Å²) in [6.07, 6.45) is 3.18. The quantitative estimate of drug-likeness (QED) is 0.597. The summed E-state index contributed by atoms with van der Waals surface area (Å²) in [6.45, 7) is 10.8. The number of likely N-dealkylation sites (tertiary alicyclic amines) is 1. The number of ether oxygens (including phenoxy) is 1. The summed E-state index contributed by atoms with van der Waals surface area (Å²) in [5.74, 6) is 0.103. The number of anilines is 2. The van der Waals surface area contributed by atoms with Crippen molar-refractivity contribution in [1.82, 2.24) is 9.80 Å². The minimum absolute atomic E-state index is 0.00704. The van der Waals surface area contributed by atoms with Crippen molar-refractivity contribution in [3.05, 3.63) is 60.2 Å². The van der Waals surface area contributed by atoms with E-state index >= 15 is 0 Å². The normalized spacial score (nSPS) is 21.0. The van der Waals surface area contributed by atoms with Gasteiger partial charge in [-0.1, -0.05) is 25.1 Å². The molecule has 7 nitrogen and oxygen atoms in total. The summed E-state index contributed by atoms with van der Waals surface area (Å²) in [4.78, 5) is 32.3. The van der Waals surface area contributed by atoms with Gasteiger partial charge in [-0.3, -0.25) is 14.5 Å². The Labute approximate surface area is 215 Å². The first kappa shape index (κ1) is 26.2. The summed E-state index contributed by atoms with van der Waals surface area (Å²) in [5, 5.41) is 3.08. The number of carbonyl (C=O) groups is 2. The van der Waals surface area contributed by atoms with Crippen molar-refractivity contribution in [3.63, 3.8) is 0 Å². The van der Waals surface area contributed by atoms with E-state index in [1.54, 1.807) is 0 Å². The zero-order valence-electron chi connectivity index (χ0n) is 21.9. The van der Waals surface area contributed by atoms with Gasteiger partial charge >= 0.3 is 0 Å². The maximum atomic E-state index is 12.9. The molecule has 7 heteroatoms. The first-order valence-electron chi connectivity index (χ1n) is 13.3. The Kier molecular flexibility index (Phi) is 8.99. The van der Waals surface area contributed by atoms with E-state index in [0.717, 1.165) is 68.9 Å². The second kappa shape index (κ2) is 12.4. The van der Waals surface area contributed by atoms with Crippen molar-refractivity contribution in [2.45, 2.75) is 58.3 Å². The van der Waals surface area contributed by atoms with Crippen LogP contribution in [0.25, 0.3) is 0 Å². The van der Waals surface area contributed by atoms with Crippen molar-refractivity contribution in [1.29, 1.82) is 0 Å². The van der Waals surface area contributed by atoms with Gasteiger partial charge in [0, 0.05) is 49.2 Å². The molecule has 2 atom stereocenters. The number of nitrogens with one attached hydrogen (secondary N) is 1. The van der Waals surface area contributed by atoms with Gasteiger partial charge in [0.05, 0.1) is 18.8 Å². The SMILES string of the molecule is CCCN(CC(=O)Nc1ccc(N2CC(C)OC(C)C2)cc1)C1CCN(C(=O)c2ccccc2)CC1. The van der Waals surface area contributed by atoms with Crippen molar-refractivity contribution in [3.8, 4) is 0 Å². The van der Waals surface area contributed by atoms with E-state index in [-0.39, 0.29) is 24.0 Å². The molecule has 0 spiro atoms. The molecule has 2 aromatic rings. The molecule has 194 valence electrons. The van der Waals surface area contributed by atoms with E-state index in [2.05, 4.69) is 48.0 Å². The molecular formula is C29H40N4O3. The van der Waals surface area contributed by atoms with Crippen molar-refractivity contribution < 1.29 is 14.3 Å². The van der Waals surface area contributed by atoms with Gasteiger partial charge in [-0.25, -0.2) is 0 Å². The maximum absolute atomic E-state index is 12.9. The lowest BCUT2D eigenvalue weighted by Crippen LogP contribution is -2.49. The highest BCUT2D eigenvalue weighted by Crippen LogP contribution is 2.23. The van der Waals surface area contributed by atoms with E-state index in [9.17, 15) is 9.59 Å². The minimum atomic E-state index is 0.00704. The van der Waals surface area contributed by atoms with Gasteiger partial charge in [-0.15, -0.1) is 0 Å². The lowest BCUT2D eigenvalue weighted by Gasteiger charge is -2.38. The molecule has 0 aliphatic carbocycles. The van der Waals surface area contributed by atoms with Gasteiger partial charge in [0.2, 0.25) is 5.91 Å². The van der Waals surface area contributed by atoms with Crippen molar-refractivity contribution in [2.75, 3.05) is 49.5 Å². The minimum Gasteiger partial charge on any atom is -0.372 e. The zero-order valence-corrected chi connectivity index (χ0v) is 21.9. The van der Waals surface area contributed by atoms with E-state index in [0.29, 0.717) is 12.6 Å². The van der Waals surface area contributed by atoms with Crippen molar-refractivity contribution >= 4 is 23.2 Å². The Bertz CT molecular complexity index is 979. The van der Waals surface area contributed by atoms with Crippen LogP contribution in [0.3, 0.4) is 0 Å². The Morgan fingerprint density at radius 2 is 1.61 bits per heavy atom. The summed E-state index contributed by atoms with van der Waals surface area (Å²) in [6, 6.07) is 17.9. The lowest BCUT2D eigenvalue weighted by molar-refractivity contribution is -0.118. The molecule has 0 bridgehead atoms. The van der Waals surface area contributed by atoms with E-state index in [1.807, 2.05) is 47.4 Å². The molecule has 2 aliphatic rings. The van der Waals surface area contributed by atoms with Crippen LogP contribution in [-0.2, 0) is 9.53 Å². The van der Waals surface area contributed by atoms with E-state index < -0.39 is 0 Å². The second-order valence-electron chi connectivity index (χ2n) is 10.1. The molecule has 2 amide bonds. The Balaban J connectivity index is 1.28. The van der Waals surface area contributed by atoms with E-state index in [1.165, 1.54) is 0 Å². The van der Waals surface area contributed by atoms with Crippen molar-refractivity contribution in [2.24, 2.45) is 0 Å². The number of amides is 2. The van der Waals surface area contributed by atoms with Gasteiger partial charge < -0.3 is 19.9 Å². The molecule has 2 unspecified atom stereocenters. The predicted molar refractivity (Wildman–Crippen MR) is 145 cm³/mol. The first-order valence-corrected chi connectivity index (χ1v) is 13.3. The third-order valence-corrected chi connectivity index (χ3v) is 7.08. The monoisotopic (exact) mass is 492 g/mol. The lowest BCUT2D eigenvalue weighted by atomic mass is 10.0. The molecule has 0 radical (unpaired) electrons. The third-order valence-electron chi connectivity index (χ3n) is 7.08. The fourth-order valence-electron chi connectivity index (χ4n) is 5.40. The number of benzene rings is 2. The molecule has 0 saturated carbocycles. The van der Waals surface area contributed by atoms with Gasteiger partial charge in [0.15, 0.2) is 0 Å². The average Bonchev–Trinajstić information content (AvgIpc) is 2.88. The largest absolute Gasteiger partial charge is 0.372 e. The fraction of sp³-hybridized carbons (Fsp3) is 0.517. The molecule has 2 saturated heterocycles. The number of piperidine rings is 1. The molecular weight excluding hydrogens is 452 g/mol. The number of nitrogens with zero attached hydrogens (tertiary/aromatic N) is 3. The molecule has 1 N–H and O–H groups in total. The average molecular weight is 493 g/mol. The van der Waals surface area contributed by atoms with Gasteiger partial charge in [0.1, 0.15) is 0 Å². The smallest absolute Gasteiger partial charge is 0.253 e. The molecule has 2 fully saturated rings. The molecule has 2 aliphatic heterocycles. The highest BCUT2D eigenvalue weighted by Gasteiger charge is 2.28. The summed E-state index contributed by atoms with van der Waals surface area (Å²) in [5.41, 5.74) is 2.71. The summed E-state index contributed by atoms with van der Waals surface area (Å²) < 4.78 is 5.84. The predicted octanol–water partition coefficient (Wildman–Crippen LogP) is 4.26. The number of rotatable bonds is 8. The first-order chi connectivity index (χ1) is 17.4. The standard InChI is InChI=1S/C29H40N4O3/c1-4-16-32(27-14-17-31(18-15-27)29(35)24-8-6-5-7-9-24)21-28(34)30-25-10-12-26(13-11-25)33-19-22(2)36-23(3)20-33/h5-13,22-23,27H,4,14-21H2,1-3H3,(H,30,34). The zero-order chi connectivity index (χ0) is 25.5. The molecule has 4 rings (SSSR count). The Hall–Kier alpha value is -2.90. The Morgan fingerprint density at radius 3 is 2.22 bits per heavy atom. The summed E-state index contributed by atoms with van der Waals surface area (Å²) >= 11 is 0. The maximum Gasteiger partial charge on any atom is 0.253 e. The van der Waals surface area contributed by atoms with E-state index in [4.69, 9.17) is 4.74 Å². The number of morpholine rings is 1. The fourth-order valence-corrected chi connectivity index (χ4v) is 5.40. The van der Waals surface area contributed by atoms with Crippen LogP contribution in [0.4, 0.5) is 11.4 Å². The van der Waals surface area contributed by atoms with Gasteiger partial charge in [-0.05, 0) is 76.1 Å². The molecule has 2 aromatic carbocycles. The topological polar surface area (TPSA) is 65.1 Å². The van der Waals surface area contributed by atoms with Crippen LogP contribution in [-0.4, -0.2) is 79.1 Å². The number of hydrogen-bond donors (Lipinski definition) is 1. The van der Waals surface area contributed by atoms with Gasteiger partial charge in [0.25, 0.3) is 5.91 Å². The molecule has 0 aromatic heterocycles. The van der Waals surface area contributed by atoms with Crippen LogP contribution in [0, 0.1) is 0 Å². The number of hydrogen-bond acceptors (Lipinski definition) is 5. The molecule has 36 heavy (non-hydrogen) atoms. The Morgan fingerprint density at radius 1 is 0.972 bits per heavy atom. The van der Waals surface area contributed by atoms with Crippen LogP contribution in [0.15, 0.2) is 54.6 Å². The van der Waals surface area contributed by atoms with Crippen LogP contribution in [0.5, 0.6) is 0 Å².